The van der Waals surface area contributed by atoms with E-state index < -0.39 is 0 Å². The molecule has 0 aromatic heterocycles. The van der Waals surface area contributed by atoms with E-state index in [-0.39, 0.29) is 0 Å². The van der Waals surface area contributed by atoms with Crippen molar-refractivity contribution in [1.82, 2.24) is 4.90 Å². The summed E-state index contributed by atoms with van der Waals surface area (Å²) < 4.78 is 0. The lowest BCUT2D eigenvalue weighted by atomic mass is 9.53. The first-order valence-corrected chi connectivity index (χ1v) is 8.19. The van der Waals surface area contributed by atoms with Crippen molar-refractivity contribution in [2.75, 3.05) is 13.1 Å². The molecule has 0 spiro atoms. The van der Waals surface area contributed by atoms with Crippen molar-refractivity contribution in [3.63, 3.8) is 0 Å². The predicted octanol–water partition coefficient (Wildman–Crippen LogP) is 3.89. The van der Waals surface area contributed by atoms with Crippen LogP contribution in [0.5, 0.6) is 0 Å². The van der Waals surface area contributed by atoms with Crippen LogP contribution in [0.1, 0.15) is 58.8 Å². The molecule has 0 aromatic carbocycles. The Labute approximate surface area is 112 Å². The van der Waals surface area contributed by atoms with Gasteiger partial charge in [-0.3, -0.25) is 4.90 Å². The molecule has 5 fully saturated rings. The molecule has 4 bridgehead atoms. The summed E-state index contributed by atoms with van der Waals surface area (Å²) in [6.07, 6.45) is 10.5. The smallest absolute Gasteiger partial charge is 0.0186 e. The van der Waals surface area contributed by atoms with Crippen LogP contribution < -0.4 is 0 Å². The van der Waals surface area contributed by atoms with Crippen LogP contribution in [0.4, 0.5) is 0 Å². The lowest BCUT2D eigenvalue weighted by Crippen LogP contribution is -2.57. The first kappa shape index (κ1) is 11.8. The third-order valence-electron chi connectivity index (χ3n) is 6.45. The topological polar surface area (TPSA) is 3.24 Å². The molecule has 0 amide bonds. The van der Waals surface area contributed by atoms with Gasteiger partial charge in [0.05, 0.1) is 0 Å². The van der Waals surface area contributed by atoms with Gasteiger partial charge in [-0.25, -0.2) is 0 Å². The minimum atomic E-state index is 0.604. The number of nitrogens with zero attached hydrogens (tertiary/aromatic N) is 1. The maximum Gasteiger partial charge on any atom is 0.0186 e. The average molecular weight is 246 g/mol. The molecule has 1 saturated heterocycles. The summed E-state index contributed by atoms with van der Waals surface area (Å²) in [5.41, 5.74) is 0.604. The van der Waals surface area contributed by atoms with E-state index in [0.29, 0.717) is 5.41 Å². The third-order valence-corrected chi connectivity index (χ3v) is 6.45. The zero-order valence-electron chi connectivity index (χ0n) is 12.1. The Morgan fingerprint density at radius 2 is 1.56 bits per heavy atom. The van der Waals surface area contributed by atoms with Crippen LogP contribution in [-0.4, -0.2) is 24.0 Å². The minimum absolute atomic E-state index is 0.604. The molecule has 18 heavy (non-hydrogen) atoms. The molecule has 1 aliphatic heterocycles. The van der Waals surface area contributed by atoms with Crippen LogP contribution in [0.25, 0.3) is 0 Å². The van der Waals surface area contributed by atoms with Crippen LogP contribution >= 0.6 is 0 Å². The van der Waals surface area contributed by atoms with E-state index in [4.69, 9.17) is 0 Å². The second-order valence-corrected chi connectivity index (χ2v) is 8.41. The lowest BCUT2D eigenvalue weighted by Gasteiger charge is -2.58. The fourth-order valence-corrected chi connectivity index (χ4v) is 5.57. The van der Waals surface area contributed by atoms with Gasteiger partial charge in [-0.15, -0.1) is 0 Å². The maximum atomic E-state index is 2.88. The van der Waals surface area contributed by atoms with Crippen molar-refractivity contribution in [2.45, 2.75) is 64.8 Å². The summed E-state index contributed by atoms with van der Waals surface area (Å²) in [7, 11) is 0. The van der Waals surface area contributed by atoms with Gasteiger partial charge in [0.2, 0.25) is 0 Å². The highest BCUT2D eigenvalue weighted by molar-refractivity contribution is 5.17. The largest absolute Gasteiger partial charge is 0.299 e. The summed E-state index contributed by atoms with van der Waals surface area (Å²) in [5.74, 6) is 5.20. The van der Waals surface area contributed by atoms with Crippen molar-refractivity contribution < 1.29 is 0 Å². The van der Waals surface area contributed by atoms with Gasteiger partial charge < -0.3 is 0 Å². The number of piperidine rings is 1. The minimum Gasteiger partial charge on any atom is -0.299 e. The van der Waals surface area contributed by atoms with Crippen molar-refractivity contribution in [3.8, 4) is 0 Å². The standard InChI is InChI=1S/C17H28N/c1-17(2)3-5-18(6-4-17)16-14-8-12-7-13(10-14)11-15(16)9-12/h12-14,16H,3-11H2,1-2H3. The van der Waals surface area contributed by atoms with E-state index in [1.807, 2.05) is 5.92 Å². The van der Waals surface area contributed by atoms with Gasteiger partial charge in [0.25, 0.3) is 0 Å². The monoisotopic (exact) mass is 246 g/mol. The Kier molecular flexibility index (Phi) is 2.60. The molecule has 101 valence electrons. The number of hydrogen-bond acceptors (Lipinski definition) is 1. The van der Waals surface area contributed by atoms with Gasteiger partial charge in [-0.1, -0.05) is 13.8 Å². The van der Waals surface area contributed by atoms with Crippen LogP contribution in [0.3, 0.4) is 0 Å². The molecular weight excluding hydrogens is 218 g/mol. The van der Waals surface area contributed by atoms with E-state index in [1.54, 1.807) is 19.3 Å². The second-order valence-electron chi connectivity index (χ2n) is 8.41. The Bertz CT molecular complexity index is 295. The molecule has 4 aliphatic carbocycles. The molecule has 0 aromatic rings. The SMILES string of the molecule is CC1(C)CCN(C2[C]3CC4CC(C3)CC2C4)CC1. The highest BCUT2D eigenvalue weighted by Gasteiger charge is 2.50. The molecule has 3 atom stereocenters. The first-order valence-electron chi connectivity index (χ1n) is 8.19. The molecule has 1 heterocycles. The van der Waals surface area contributed by atoms with E-state index in [1.165, 1.54) is 38.8 Å². The first-order chi connectivity index (χ1) is 8.61. The van der Waals surface area contributed by atoms with E-state index in [2.05, 4.69) is 18.7 Å². The summed E-state index contributed by atoms with van der Waals surface area (Å²) in [4.78, 5) is 2.88. The summed E-state index contributed by atoms with van der Waals surface area (Å²) >= 11 is 0. The lowest BCUT2D eigenvalue weighted by molar-refractivity contribution is -0.0171. The zero-order valence-corrected chi connectivity index (χ0v) is 12.1. The number of hydrogen-bond donors (Lipinski definition) is 0. The maximum absolute atomic E-state index is 2.88. The molecule has 1 radical (unpaired) electrons. The van der Waals surface area contributed by atoms with Gasteiger partial charge >= 0.3 is 0 Å². The summed E-state index contributed by atoms with van der Waals surface area (Å²) in [5, 5.41) is 0. The Morgan fingerprint density at radius 1 is 0.944 bits per heavy atom. The van der Waals surface area contributed by atoms with Gasteiger partial charge in [0, 0.05) is 6.04 Å². The van der Waals surface area contributed by atoms with Crippen LogP contribution in [0.2, 0.25) is 0 Å². The van der Waals surface area contributed by atoms with Crippen molar-refractivity contribution in [2.24, 2.45) is 23.2 Å². The Hall–Kier alpha value is -0.0400. The Morgan fingerprint density at radius 3 is 2.11 bits per heavy atom. The molecule has 1 nitrogen and oxygen atoms in total. The van der Waals surface area contributed by atoms with Crippen LogP contribution in [0, 0.1) is 29.1 Å². The normalized spacial score (nSPS) is 47.7. The molecule has 3 unspecified atom stereocenters. The predicted molar refractivity (Wildman–Crippen MR) is 75.2 cm³/mol. The highest BCUT2D eigenvalue weighted by atomic mass is 15.2. The molecular formula is C17H28N. The van der Waals surface area contributed by atoms with Crippen molar-refractivity contribution in [3.05, 3.63) is 5.92 Å². The molecule has 5 aliphatic rings. The highest BCUT2D eigenvalue weighted by Crippen LogP contribution is 2.56. The summed E-state index contributed by atoms with van der Waals surface area (Å²) in [6.45, 7) is 7.64. The fourth-order valence-electron chi connectivity index (χ4n) is 5.57. The zero-order chi connectivity index (χ0) is 12.3. The third kappa shape index (κ3) is 1.85. The summed E-state index contributed by atoms with van der Waals surface area (Å²) in [6, 6.07) is 0.911. The second kappa shape index (κ2) is 3.98. The van der Waals surface area contributed by atoms with Gasteiger partial charge in [0.1, 0.15) is 0 Å². The van der Waals surface area contributed by atoms with Crippen LogP contribution in [-0.2, 0) is 0 Å². The van der Waals surface area contributed by atoms with Gasteiger partial charge in [0.15, 0.2) is 0 Å². The quantitative estimate of drug-likeness (QED) is 0.678. The number of rotatable bonds is 1. The van der Waals surface area contributed by atoms with E-state index in [9.17, 15) is 0 Å². The average Bonchev–Trinajstić information content (AvgIpc) is 2.29. The molecule has 1 heteroatoms. The molecule has 4 saturated carbocycles. The van der Waals surface area contributed by atoms with E-state index in [0.717, 1.165) is 23.8 Å². The Balaban J connectivity index is 1.49. The van der Waals surface area contributed by atoms with Crippen molar-refractivity contribution in [1.29, 1.82) is 0 Å². The van der Waals surface area contributed by atoms with E-state index >= 15 is 0 Å². The number of likely N-dealkylation sites (tertiary alicyclic amines) is 1. The molecule has 0 N–H and O–H groups in total. The van der Waals surface area contributed by atoms with Crippen LogP contribution in [0.15, 0.2) is 0 Å². The fraction of sp³-hybridized carbons (Fsp3) is 0.941. The van der Waals surface area contributed by atoms with Crippen molar-refractivity contribution >= 4 is 0 Å². The molecule has 5 rings (SSSR count). The van der Waals surface area contributed by atoms with Gasteiger partial charge in [-0.2, -0.15) is 0 Å². The van der Waals surface area contributed by atoms with Gasteiger partial charge in [-0.05, 0) is 87.1 Å².